The first kappa shape index (κ1) is 13.2. The summed E-state index contributed by atoms with van der Waals surface area (Å²) < 4.78 is 5.28. The second kappa shape index (κ2) is 5.68. The van der Waals surface area contributed by atoms with Gasteiger partial charge < -0.3 is 4.74 Å². The van der Waals surface area contributed by atoms with E-state index in [1.54, 1.807) is 0 Å². The number of ether oxygens (including phenoxy) is 1. The molecule has 2 aromatic rings. The van der Waals surface area contributed by atoms with Gasteiger partial charge in [-0.1, -0.05) is 41.7 Å². The Morgan fingerprint density at radius 1 is 1.35 bits per heavy atom. The van der Waals surface area contributed by atoms with Crippen LogP contribution in [0.4, 0.5) is 5.13 Å². The van der Waals surface area contributed by atoms with E-state index < -0.39 is 6.10 Å². The van der Waals surface area contributed by atoms with Gasteiger partial charge in [0.05, 0.1) is 0 Å². The fraction of sp³-hybridized carbons (Fsp3) is 0.357. The predicted octanol–water partition coefficient (Wildman–Crippen LogP) is 2.74. The smallest absolute Gasteiger partial charge is 0.259 e. The molecule has 1 N–H and O–H groups in total. The minimum Gasteiger partial charge on any atom is -0.367 e. The average molecular weight is 289 g/mol. The van der Waals surface area contributed by atoms with Crippen LogP contribution in [0.25, 0.3) is 0 Å². The number of hydrogen-bond acceptors (Lipinski definition) is 5. The molecule has 1 aromatic heterocycles. The highest BCUT2D eigenvalue weighted by Gasteiger charge is 2.28. The standard InChI is InChI=1S/C14H15N3O2S/c1-19-11(9-5-3-2-4-6-9)12(18)15-14-17-16-13(20-14)10-7-8-10/h2-6,10-11H,7-8H2,1H3,(H,15,17,18). The molecule has 6 heteroatoms. The van der Waals surface area contributed by atoms with Crippen LogP contribution < -0.4 is 5.32 Å². The van der Waals surface area contributed by atoms with Crippen molar-refractivity contribution in [3.05, 3.63) is 40.9 Å². The molecule has 3 rings (SSSR count). The van der Waals surface area contributed by atoms with Gasteiger partial charge in [-0.3, -0.25) is 10.1 Å². The monoisotopic (exact) mass is 289 g/mol. The lowest BCUT2D eigenvalue weighted by Gasteiger charge is -2.14. The second-order valence-electron chi connectivity index (χ2n) is 4.74. The Labute approximate surface area is 121 Å². The van der Waals surface area contributed by atoms with Gasteiger partial charge >= 0.3 is 0 Å². The summed E-state index contributed by atoms with van der Waals surface area (Å²) in [7, 11) is 1.52. The molecule has 1 aliphatic rings. The van der Waals surface area contributed by atoms with Crippen molar-refractivity contribution in [3.63, 3.8) is 0 Å². The number of nitrogens with zero attached hydrogens (tertiary/aromatic N) is 2. The van der Waals surface area contributed by atoms with Crippen molar-refractivity contribution in [2.24, 2.45) is 0 Å². The Morgan fingerprint density at radius 3 is 2.75 bits per heavy atom. The molecule has 0 bridgehead atoms. The molecule has 104 valence electrons. The van der Waals surface area contributed by atoms with Gasteiger partial charge in [0, 0.05) is 13.0 Å². The van der Waals surface area contributed by atoms with Gasteiger partial charge in [-0.15, -0.1) is 10.2 Å². The van der Waals surface area contributed by atoms with Crippen LogP contribution in [0.2, 0.25) is 0 Å². The van der Waals surface area contributed by atoms with Gasteiger partial charge in [0.2, 0.25) is 5.13 Å². The number of carbonyl (C=O) groups is 1. The van der Waals surface area contributed by atoms with Crippen LogP contribution in [-0.4, -0.2) is 23.2 Å². The third kappa shape index (κ3) is 2.86. The average Bonchev–Trinajstić information content (AvgIpc) is 3.22. The van der Waals surface area contributed by atoms with E-state index in [0.29, 0.717) is 11.0 Å². The van der Waals surface area contributed by atoms with Crippen molar-refractivity contribution in [1.29, 1.82) is 0 Å². The number of hydrogen-bond donors (Lipinski definition) is 1. The highest BCUT2D eigenvalue weighted by Crippen LogP contribution is 2.42. The first-order valence-corrected chi connectivity index (χ1v) is 7.31. The Kier molecular flexibility index (Phi) is 3.75. The molecular formula is C14H15N3O2S. The third-order valence-electron chi connectivity index (χ3n) is 3.17. The molecule has 1 heterocycles. The Hall–Kier alpha value is -1.79. The zero-order valence-electron chi connectivity index (χ0n) is 11.1. The molecule has 1 saturated carbocycles. The van der Waals surface area contributed by atoms with Crippen LogP contribution in [0.3, 0.4) is 0 Å². The minimum absolute atomic E-state index is 0.225. The van der Waals surface area contributed by atoms with E-state index in [9.17, 15) is 4.79 Å². The molecule has 1 atom stereocenters. The summed E-state index contributed by atoms with van der Waals surface area (Å²) in [5, 5.41) is 12.4. The number of nitrogens with one attached hydrogen (secondary N) is 1. The molecule has 0 spiro atoms. The maximum Gasteiger partial charge on any atom is 0.259 e. The Bertz CT molecular complexity index is 595. The summed E-state index contributed by atoms with van der Waals surface area (Å²) >= 11 is 1.45. The fourth-order valence-electron chi connectivity index (χ4n) is 1.97. The van der Waals surface area contributed by atoms with Gasteiger partial charge in [-0.2, -0.15) is 0 Å². The van der Waals surface area contributed by atoms with E-state index in [2.05, 4.69) is 15.5 Å². The van der Waals surface area contributed by atoms with Gasteiger partial charge in [-0.05, 0) is 18.4 Å². The second-order valence-corrected chi connectivity index (χ2v) is 5.74. The maximum absolute atomic E-state index is 12.2. The van der Waals surface area contributed by atoms with Crippen LogP contribution >= 0.6 is 11.3 Å². The van der Waals surface area contributed by atoms with E-state index in [4.69, 9.17) is 4.74 Å². The molecule has 1 unspecified atom stereocenters. The van der Waals surface area contributed by atoms with E-state index >= 15 is 0 Å². The predicted molar refractivity (Wildman–Crippen MR) is 76.7 cm³/mol. The topological polar surface area (TPSA) is 64.1 Å². The third-order valence-corrected chi connectivity index (χ3v) is 4.17. The summed E-state index contributed by atoms with van der Waals surface area (Å²) in [5.41, 5.74) is 0.819. The van der Waals surface area contributed by atoms with E-state index in [0.717, 1.165) is 10.6 Å². The zero-order chi connectivity index (χ0) is 13.9. The number of methoxy groups -OCH3 is 1. The van der Waals surface area contributed by atoms with Crippen molar-refractivity contribution in [2.45, 2.75) is 24.9 Å². The number of aromatic nitrogens is 2. The van der Waals surface area contributed by atoms with E-state index in [-0.39, 0.29) is 5.91 Å². The fourth-order valence-corrected chi connectivity index (χ4v) is 2.89. The molecule has 1 aromatic carbocycles. The molecular weight excluding hydrogens is 274 g/mol. The number of amides is 1. The molecule has 1 aliphatic carbocycles. The van der Waals surface area contributed by atoms with Crippen molar-refractivity contribution < 1.29 is 9.53 Å². The van der Waals surface area contributed by atoms with Crippen LogP contribution in [0.1, 0.15) is 35.4 Å². The minimum atomic E-state index is -0.635. The number of anilines is 1. The van der Waals surface area contributed by atoms with Crippen molar-refractivity contribution in [2.75, 3.05) is 12.4 Å². The van der Waals surface area contributed by atoms with E-state index in [1.807, 2.05) is 30.3 Å². The molecule has 5 nitrogen and oxygen atoms in total. The van der Waals surface area contributed by atoms with Crippen molar-refractivity contribution in [1.82, 2.24) is 10.2 Å². The Morgan fingerprint density at radius 2 is 2.10 bits per heavy atom. The van der Waals surface area contributed by atoms with Gasteiger partial charge in [0.25, 0.3) is 5.91 Å². The van der Waals surface area contributed by atoms with Crippen LogP contribution in [-0.2, 0) is 9.53 Å². The van der Waals surface area contributed by atoms with Gasteiger partial charge in [-0.25, -0.2) is 0 Å². The molecule has 0 aliphatic heterocycles. The zero-order valence-corrected chi connectivity index (χ0v) is 11.9. The summed E-state index contributed by atoms with van der Waals surface area (Å²) in [6, 6.07) is 9.39. The summed E-state index contributed by atoms with van der Waals surface area (Å²) in [4.78, 5) is 12.2. The van der Waals surface area contributed by atoms with Gasteiger partial charge in [0.1, 0.15) is 5.01 Å². The van der Waals surface area contributed by atoms with E-state index in [1.165, 1.54) is 31.3 Å². The van der Waals surface area contributed by atoms with Crippen LogP contribution in [0.5, 0.6) is 0 Å². The lowest BCUT2D eigenvalue weighted by atomic mass is 10.1. The van der Waals surface area contributed by atoms with Crippen LogP contribution in [0.15, 0.2) is 30.3 Å². The normalized spacial score (nSPS) is 15.8. The number of benzene rings is 1. The number of rotatable bonds is 5. The highest BCUT2D eigenvalue weighted by atomic mass is 32.1. The summed E-state index contributed by atoms with van der Waals surface area (Å²) in [6.07, 6.45) is 1.71. The Balaban J connectivity index is 1.70. The SMILES string of the molecule is COC(C(=O)Nc1nnc(C2CC2)s1)c1ccccc1. The molecule has 1 amide bonds. The maximum atomic E-state index is 12.2. The van der Waals surface area contributed by atoms with Crippen molar-refractivity contribution in [3.8, 4) is 0 Å². The largest absolute Gasteiger partial charge is 0.367 e. The lowest BCUT2D eigenvalue weighted by Crippen LogP contribution is -2.22. The molecule has 1 fully saturated rings. The summed E-state index contributed by atoms with van der Waals surface area (Å²) in [5.74, 6) is 0.322. The molecule has 20 heavy (non-hydrogen) atoms. The summed E-state index contributed by atoms with van der Waals surface area (Å²) in [6.45, 7) is 0. The first-order chi connectivity index (χ1) is 9.78. The van der Waals surface area contributed by atoms with Crippen LogP contribution in [0, 0.1) is 0 Å². The number of carbonyl (C=O) groups excluding carboxylic acids is 1. The molecule has 0 saturated heterocycles. The lowest BCUT2D eigenvalue weighted by molar-refractivity contribution is -0.126. The molecule has 0 radical (unpaired) electrons. The first-order valence-electron chi connectivity index (χ1n) is 6.50. The van der Waals surface area contributed by atoms with Crippen molar-refractivity contribution >= 4 is 22.4 Å². The quantitative estimate of drug-likeness (QED) is 0.919. The highest BCUT2D eigenvalue weighted by molar-refractivity contribution is 7.15. The van der Waals surface area contributed by atoms with Gasteiger partial charge in [0.15, 0.2) is 6.10 Å².